The van der Waals surface area contributed by atoms with Crippen LogP contribution in [0.1, 0.15) is 10.4 Å². The highest BCUT2D eigenvalue weighted by Gasteiger charge is 2.07. The van der Waals surface area contributed by atoms with Gasteiger partial charge in [-0.05, 0) is 36.4 Å². The van der Waals surface area contributed by atoms with Crippen LogP contribution >= 0.6 is 0 Å². The fraction of sp³-hybridized carbons (Fsp3) is 0.100. The number of amides is 1. The molecule has 0 atom stereocenters. The largest absolute Gasteiger partial charge is 0.352 e. The number of fused-ring (bicyclic) bond motifs is 1. The van der Waals surface area contributed by atoms with E-state index in [1.165, 1.54) is 0 Å². The Morgan fingerprint density at radius 3 is 2.70 bits per heavy atom. The van der Waals surface area contributed by atoms with Crippen LogP contribution in [0.4, 0.5) is 5.95 Å². The van der Waals surface area contributed by atoms with Crippen molar-refractivity contribution in [1.82, 2.24) is 24.8 Å². The third-order valence-electron chi connectivity index (χ3n) is 4.07. The fourth-order valence-corrected chi connectivity index (χ4v) is 2.76. The third-order valence-corrected chi connectivity index (χ3v) is 4.07. The summed E-state index contributed by atoms with van der Waals surface area (Å²) in [4.78, 5) is 25.2. The predicted molar refractivity (Wildman–Crippen MR) is 104 cm³/mol. The van der Waals surface area contributed by atoms with E-state index < -0.39 is 0 Å². The second-order valence-electron chi connectivity index (χ2n) is 5.89. The summed E-state index contributed by atoms with van der Waals surface area (Å²) in [5, 5.41) is 7.04. The molecule has 0 aliphatic carbocycles. The van der Waals surface area contributed by atoms with E-state index in [1.807, 2.05) is 53.2 Å². The molecular formula is C20H18N6O. The molecule has 0 aliphatic rings. The smallest absolute Gasteiger partial charge is 0.251 e. The van der Waals surface area contributed by atoms with Crippen molar-refractivity contribution >= 4 is 22.9 Å². The fourth-order valence-electron chi connectivity index (χ4n) is 2.76. The number of nitrogens with zero attached hydrogens (tertiary/aromatic N) is 4. The van der Waals surface area contributed by atoms with Crippen LogP contribution in [-0.4, -0.2) is 38.5 Å². The topological polar surface area (TPSA) is 84.7 Å². The molecule has 7 heteroatoms. The second kappa shape index (κ2) is 7.65. The minimum Gasteiger partial charge on any atom is -0.352 e. The maximum Gasteiger partial charge on any atom is 0.251 e. The van der Waals surface area contributed by atoms with Gasteiger partial charge < -0.3 is 10.6 Å². The van der Waals surface area contributed by atoms with E-state index in [0.29, 0.717) is 24.6 Å². The number of anilines is 1. The van der Waals surface area contributed by atoms with Crippen molar-refractivity contribution in [1.29, 1.82) is 0 Å². The van der Waals surface area contributed by atoms with Crippen LogP contribution in [0.2, 0.25) is 0 Å². The van der Waals surface area contributed by atoms with Crippen molar-refractivity contribution in [3.63, 3.8) is 0 Å². The quantitative estimate of drug-likeness (QED) is 0.518. The Kier molecular flexibility index (Phi) is 4.74. The number of nitrogens with one attached hydrogen (secondary N) is 2. The van der Waals surface area contributed by atoms with Crippen LogP contribution in [0.15, 0.2) is 73.2 Å². The summed E-state index contributed by atoms with van der Waals surface area (Å²) in [6.45, 7) is 0.988. The summed E-state index contributed by atoms with van der Waals surface area (Å²) in [5.41, 5.74) is 1.49. The summed E-state index contributed by atoms with van der Waals surface area (Å²) in [5.74, 6) is 1.13. The van der Waals surface area contributed by atoms with Gasteiger partial charge >= 0.3 is 0 Å². The van der Waals surface area contributed by atoms with E-state index in [0.717, 1.165) is 16.9 Å². The Hall–Kier alpha value is -3.74. The average molecular weight is 358 g/mol. The first-order chi connectivity index (χ1) is 13.3. The predicted octanol–water partition coefficient (Wildman–Crippen LogP) is 2.66. The summed E-state index contributed by atoms with van der Waals surface area (Å²) in [6, 6.07) is 16.9. The number of benzene rings is 1. The number of hydrogen-bond donors (Lipinski definition) is 2. The highest BCUT2D eigenvalue weighted by molar-refractivity contribution is 5.94. The Morgan fingerprint density at radius 1 is 0.926 bits per heavy atom. The molecule has 4 aromatic rings. The maximum atomic E-state index is 12.0. The normalized spacial score (nSPS) is 10.7. The maximum absolute atomic E-state index is 12.0. The Morgan fingerprint density at radius 2 is 1.81 bits per heavy atom. The van der Waals surface area contributed by atoms with Gasteiger partial charge in [-0.15, -0.1) is 0 Å². The van der Waals surface area contributed by atoms with Crippen LogP contribution in [0.3, 0.4) is 0 Å². The third kappa shape index (κ3) is 3.77. The molecular weight excluding hydrogens is 340 g/mol. The Labute approximate surface area is 156 Å². The summed E-state index contributed by atoms with van der Waals surface area (Å²) < 4.78 is 1.92. The van der Waals surface area contributed by atoms with Gasteiger partial charge in [0.1, 0.15) is 11.5 Å². The molecule has 0 aliphatic heterocycles. The summed E-state index contributed by atoms with van der Waals surface area (Å²) in [7, 11) is 0. The lowest BCUT2D eigenvalue weighted by Crippen LogP contribution is -2.29. The van der Waals surface area contributed by atoms with E-state index in [1.54, 1.807) is 24.5 Å². The summed E-state index contributed by atoms with van der Waals surface area (Å²) in [6.07, 6.45) is 5.39. The van der Waals surface area contributed by atoms with Crippen LogP contribution < -0.4 is 10.6 Å². The Bertz CT molecular complexity index is 1060. The van der Waals surface area contributed by atoms with Crippen LogP contribution in [0, 0.1) is 0 Å². The van der Waals surface area contributed by atoms with Crippen LogP contribution in [0.5, 0.6) is 0 Å². The van der Waals surface area contributed by atoms with Gasteiger partial charge in [0.2, 0.25) is 5.95 Å². The zero-order valence-corrected chi connectivity index (χ0v) is 14.5. The van der Waals surface area contributed by atoms with Gasteiger partial charge in [0, 0.05) is 42.6 Å². The van der Waals surface area contributed by atoms with Crippen molar-refractivity contribution in [2.75, 3.05) is 18.4 Å². The van der Waals surface area contributed by atoms with Crippen LogP contribution in [0.25, 0.3) is 16.9 Å². The Balaban J connectivity index is 1.38. The van der Waals surface area contributed by atoms with E-state index in [2.05, 4.69) is 25.6 Å². The highest BCUT2D eigenvalue weighted by atomic mass is 16.1. The lowest BCUT2D eigenvalue weighted by Gasteiger charge is -2.09. The lowest BCUT2D eigenvalue weighted by molar-refractivity contribution is 0.0955. The number of pyridine rings is 1. The van der Waals surface area contributed by atoms with Gasteiger partial charge in [0.25, 0.3) is 5.91 Å². The minimum absolute atomic E-state index is 0.100. The molecule has 4 rings (SSSR count). The van der Waals surface area contributed by atoms with Gasteiger partial charge in [0.05, 0.1) is 0 Å². The molecule has 2 N–H and O–H groups in total. The average Bonchev–Trinajstić information content (AvgIpc) is 3.16. The number of aromatic nitrogens is 4. The molecule has 134 valence electrons. The first kappa shape index (κ1) is 16.7. The molecule has 1 amide bonds. The number of rotatable bonds is 6. The van der Waals surface area contributed by atoms with Gasteiger partial charge in [-0.1, -0.05) is 18.2 Å². The SMILES string of the molecule is O=C(NCCNc1nccc(-n2ccc3cccnc32)n1)c1ccccc1. The van der Waals surface area contributed by atoms with E-state index >= 15 is 0 Å². The van der Waals surface area contributed by atoms with E-state index in [9.17, 15) is 4.79 Å². The van der Waals surface area contributed by atoms with E-state index in [4.69, 9.17) is 0 Å². The monoisotopic (exact) mass is 358 g/mol. The zero-order valence-electron chi connectivity index (χ0n) is 14.5. The molecule has 0 bridgehead atoms. The van der Waals surface area contributed by atoms with Crippen LogP contribution in [-0.2, 0) is 0 Å². The number of carbonyl (C=O) groups excluding carboxylic acids is 1. The molecule has 0 saturated heterocycles. The van der Waals surface area contributed by atoms with Gasteiger partial charge in [-0.2, -0.15) is 4.98 Å². The first-order valence-electron chi connectivity index (χ1n) is 8.64. The first-order valence-corrected chi connectivity index (χ1v) is 8.64. The molecule has 7 nitrogen and oxygen atoms in total. The molecule has 0 saturated carbocycles. The van der Waals surface area contributed by atoms with Crippen molar-refractivity contribution in [3.8, 4) is 5.82 Å². The van der Waals surface area contributed by atoms with Crippen molar-refractivity contribution in [3.05, 3.63) is 78.8 Å². The lowest BCUT2D eigenvalue weighted by atomic mass is 10.2. The molecule has 0 radical (unpaired) electrons. The van der Waals surface area contributed by atoms with Gasteiger partial charge in [0.15, 0.2) is 0 Å². The molecule has 0 fully saturated rings. The molecule has 0 unspecified atom stereocenters. The second-order valence-corrected chi connectivity index (χ2v) is 5.89. The molecule has 1 aromatic carbocycles. The van der Waals surface area contributed by atoms with E-state index in [-0.39, 0.29) is 5.91 Å². The van der Waals surface area contributed by atoms with Crippen molar-refractivity contribution < 1.29 is 4.79 Å². The molecule has 3 heterocycles. The molecule has 3 aromatic heterocycles. The zero-order chi connectivity index (χ0) is 18.5. The minimum atomic E-state index is -0.100. The van der Waals surface area contributed by atoms with Crippen molar-refractivity contribution in [2.45, 2.75) is 0 Å². The van der Waals surface area contributed by atoms with Gasteiger partial charge in [-0.25, -0.2) is 9.97 Å². The molecule has 27 heavy (non-hydrogen) atoms. The highest BCUT2D eigenvalue weighted by Crippen LogP contribution is 2.17. The van der Waals surface area contributed by atoms with Gasteiger partial charge in [-0.3, -0.25) is 9.36 Å². The van der Waals surface area contributed by atoms with Crippen molar-refractivity contribution in [2.24, 2.45) is 0 Å². The standard InChI is InChI=1S/C20H18N6O/c27-19(16-5-2-1-3-6-16)22-12-13-24-20-23-11-8-17(25-20)26-14-9-15-7-4-10-21-18(15)26/h1-11,14H,12-13H2,(H,22,27)(H,23,24,25). The summed E-state index contributed by atoms with van der Waals surface area (Å²) >= 11 is 0. The number of hydrogen-bond acceptors (Lipinski definition) is 5. The number of carbonyl (C=O) groups is 1. The molecule has 0 spiro atoms.